The van der Waals surface area contributed by atoms with Gasteiger partial charge in [0.2, 0.25) is 5.91 Å². The number of hydrogen-bond acceptors (Lipinski definition) is 4. The van der Waals surface area contributed by atoms with Gasteiger partial charge in [0.05, 0.1) is 19.2 Å². The lowest BCUT2D eigenvalue weighted by Crippen LogP contribution is -2.53. The number of hydrogen-bond donors (Lipinski definition) is 1. The second-order valence-electron chi connectivity index (χ2n) is 4.72. The Morgan fingerprint density at radius 1 is 1.62 bits per heavy atom. The number of nitrogens with two attached hydrogens (primary N) is 1. The van der Waals surface area contributed by atoms with E-state index in [0.29, 0.717) is 26.1 Å². The Labute approximate surface area is 95.1 Å². The van der Waals surface area contributed by atoms with Crippen molar-refractivity contribution in [1.82, 2.24) is 4.90 Å². The highest BCUT2D eigenvalue weighted by atomic mass is 16.5. The van der Waals surface area contributed by atoms with E-state index in [0.717, 1.165) is 19.3 Å². The average Bonchev–Trinajstić information content (AvgIpc) is 2.27. The number of morpholine rings is 1. The molecule has 0 bridgehead atoms. The fourth-order valence-corrected chi connectivity index (χ4v) is 2.17. The minimum absolute atomic E-state index is 0.0609. The first-order valence-electron chi connectivity index (χ1n) is 5.71. The second kappa shape index (κ2) is 4.40. The Bertz CT molecular complexity index is 320. The molecule has 16 heavy (non-hydrogen) atoms. The van der Waals surface area contributed by atoms with Gasteiger partial charge < -0.3 is 15.4 Å². The molecular weight excluding hydrogens is 206 g/mol. The van der Waals surface area contributed by atoms with E-state index in [4.69, 9.17) is 15.7 Å². The van der Waals surface area contributed by atoms with Gasteiger partial charge in [0.1, 0.15) is 0 Å². The van der Waals surface area contributed by atoms with E-state index in [9.17, 15) is 4.79 Å². The Morgan fingerprint density at radius 2 is 2.38 bits per heavy atom. The van der Waals surface area contributed by atoms with Crippen LogP contribution in [-0.2, 0) is 9.53 Å². The van der Waals surface area contributed by atoms with Crippen LogP contribution in [0.2, 0.25) is 0 Å². The van der Waals surface area contributed by atoms with Gasteiger partial charge in [-0.2, -0.15) is 5.26 Å². The van der Waals surface area contributed by atoms with E-state index in [1.54, 1.807) is 4.90 Å². The van der Waals surface area contributed by atoms with Crippen LogP contribution in [0.4, 0.5) is 0 Å². The Balaban J connectivity index is 1.87. The number of rotatable bonds is 2. The maximum absolute atomic E-state index is 11.9. The third kappa shape index (κ3) is 2.34. The lowest BCUT2D eigenvalue weighted by molar-refractivity contribution is -0.139. The Hall–Kier alpha value is -1.12. The van der Waals surface area contributed by atoms with Gasteiger partial charge in [-0.05, 0) is 19.3 Å². The molecule has 2 aliphatic rings. The zero-order chi connectivity index (χ0) is 11.6. The topological polar surface area (TPSA) is 79.4 Å². The summed E-state index contributed by atoms with van der Waals surface area (Å²) in [7, 11) is 0. The molecule has 1 unspecified atom stereocenters. The predicted octanol–water partition coefficient (Wildman–Crippen LogP) is 0.00888. The van der Waals surface area contributed by atoms with Crippen LogP contribution in [0.15, 0.2) is 0 Å². The number of carbonyl (C=O) groups is 1. The predicted molar refractivity (Wildman–Crippen MR) is 57.3 cm³/mol. The lowest BCUT2D eigenvalue weighted by Gasteiger charge is -2.39. The van der Waals surface area contributed by atoms with Gasteiger partial charge in [-0.1, -0.05) is 0 Å². The van der Waals surface area contributed by atoms with Crippen molar-refractivity contribution >= 4 is 5.91 Å². The van der Waals surface area contributed by atoms with Crippen LogP contribution in [-0.4, -0.2) is 42.1 Å². The third-order valence-corrected chi connectivity index (χ3v) is 3.42. The molecule has 1 aliphatic carbocycles. The van der Waals surface area contributed by atoms with Gasteiger partial charge in [-0.25, -0.2) is 0 Å². The minimum Gasteiger partial charge on any atom is -0.360 e. The van der Waals surface area contributed by atoms with Crippen LogP contribution in [0, 0.1) is 11.3 Å². The molecule has 0 spiro atoms. The molecular formula is C11H17N3O2. The van der Waals surface area contributed by atoms with E-state index < -0.39 is 6.10 Å². The molecule has 1 saturated carbocycles. The zero-order valence-corrected chi connectivity index (χ0v) is 9.32. The van der Waals surface area contributed by atoms with E-state index in [2.05, 4.69) is 0 Å². The Kier molecular flexibility index (Phi) is 3.13. The summed E-state index contributed by atoms with van der Waals surface area (Å²) < 4.78 is 5.19. The van der Waals surface area contributed by atoms with E-state index >= 15 is 0 Å². The molecule has 5 nitrogen and oxygen atoms in total. The molecule has 2 rings (SSSR count). The van der Waals surface area contributed by atoms with Crippen LogP contribution >= 0.6 is 0 Å². The van der Waals surface area contributed by atoms with E-state index in [-0.39, 0.29) is 11.4 Å². The van der Waals surface area contributed by atoms with Crippen LogP contribution in [0.5, 0.6) is 0 Å². The molecule has 1 saturated heterocycles. The second-order valence-corrected chi connectivity index (χ2v) is 4.72. The van der Waals surface area contributed by atoms with Crippen molar-refractivity contribution < 1.29 is 9.53 Å². The smallest absolute Gasteiger partial charge is 0.224 e. The van der Waals surface area contributed by atoms with Crippen molar-refractivity contribution in [1.29, 1.82) is 5.26 Å². The van der Waals surface area contributed by atoms with Gasteiger partial charge in [0, 0.05) is 18.5 Å². The maximum atomic E-state index is 11.9. The van der Waals surface area contributed by atoms with Gasteiger partial charge >= 0.3 is 0 Å². The average molecular weight is 223 g/mol. The normalized spacial score (nSPS) is 28.0. The summed E-state index contributed by atoms with van der Waals surface area (Å²) in [4.78, 5) is 13.6. The molecule has 0 aromatic heterocycles. The highest BCUT2D eigenvalue weighted by Gasteiger charge is 2.36. The van der Waals surface area contributed by atoms with E-state index in [1.807, 2.05) is 6.07 Å². The highest BCUT2D eigenvalue weighted by Crippen LogP contribution is 2.32. The monoisotopic (exact) mass is 223 g/mol. The maximum Gasteiger partial charge on any atom is 0.224 e. The molecule has 0 aromatic carbocycles. The molecule has 2 fully saturated rings. The van der Waals surface area contributed by atoms with Crippen LogP contribution in [0.25, 0.3) is 0 Å². The molecule has 1 heterocycles. The van der Waals surface area contributed by atoms with Crippen molar-refractivity contribution in [2.45, 2.75) is 37.3 Å². The first-order chi connectivity index (χ1) is 7.63. The molecule has 0 aromatic rings. The molecule has 1 atom stereocenters. The first-order valence-corrected chi connectivity index (χ1v) is 5.71. The summed E-state index contributed by atoms with van der Waals surface area (Å²) >= 11 is 0. The number of carbonyl (C=O) groups excluding carboxylic acids is 1. The van der Waals surface area contributed by atoms with Crippen LogP contribution in [0.1, 0.15) is 25.7 Å². The lowest BCUT2D eigenvalue weighted by atomic mass is 9.75. The number of nitriles is 1. The summed E-state index contributed by atoms with van der Waals surface area (Å²) in [6.45, 7) is 1.40. The third-order valence-electron chi connectivity index (χ3n) is 3.42. The summed E-state index contributed by atoms with van der Waals surface area (Å²) in [6, 6.07) is 2.03. The van der Waals surface area contributed by atoms with E-state index in [1.165, 1.54) is 0 Å². The van der Waals surface area contributed by atoms with Gasteiger partial charge in [-0.15, -0.1) is 0 Å². The van der Waals surface area contributed by atoms with Gasteiger partial charge in [-0.3, -0.25) is 4.79 Å². The van der Waals surface area contributed by atoms with Crippen LogP contribution < -0.4 is 5.73 Å². The molecule has 5 heteroatoms. The molecule has 2 N–H and O–H groups in total. The zero-order valence-electron chi connectivity index (χ0n) is 9.32. The SMILES string of the molecule is N#CC1CN(C(=O)CC2(N)CCC2)CCO1. The fraction of sp³-hybridized carbons (Fsp3) is 0.818. The van der Waals surface area contributed by atoms with Gasteiger partial charge in [0.25, 0.3) is 0 Å². The number of ether oxygens (including phenoxy) is 1. The molecule has 88 valence electrons. The quantitative estimate of drug-likeness (QED) is 0.715. The standard InChI is InChI=1S/C11H17N3O2/c12-7-9-8-14(4-5-16-9)10(15)6-11(13)2-1-3-11/h9H,1-6,8,13H2. The van der Waals surface area contributed by atoms with Crippen LogP contribution in [0.3, 0.4) is 0 Å². The van der Waals surface area contributed by atoms with Gasteiger partial charge in [0.15, 0.2) is 6.10 Å². The fourth-order valence-electron chi connectivity index (χ4n) is 2.17. The van der Waals surface area contributed by atoms with Crippen molar-refractivity contribution in [3.63, 3.8) is 0 Å². The van der Waals surface area contributed by atoms with Crippen molar-refractivity contribution in [3.8, 4) is 6.07 Å². The number of nitrogens with zero attached hydrogens (tertiary/aromatic N) is 2. The van der Waals surface area contributed by atoms with Crippen molar-refractivity contribution in [2.75, 3.05) is 19.7 Å². The summed E-state index contributed by atoms with van der Waals surface area (Å²) in [5.74, 6) is 0.0609. The van der Waals surface area contributed by atoms with Crippen molar-refractivity contribution in [3.05, 3.63) is 0 Å². The Morgan fingerprint density at radius 3 is 2.94 bits per heavy atom. The molecule has 0 radical (unpaired) electrons. The summed E-state index contributed by atoms with van der Waals surface area (Å²) in [5.41, 5.74) is 5.75. The van der Waals surface area contributed by atoms with Crippen molar-refractivity contribution in [2.24, 2.45) is 5.73 Å². The summed E-state index contributed by atoms with van der Waals surface area (Å²) in [5, 5.41) is 8.74. The number of amides is 1. The molecule has 1 aliphatic heterocycles. The highest BCUT2D eigenvalue weighted by molar-refractivity contribution is 5.77. The first kappa shape index (κ1) is 11.4. The largest absolute Gasteiger partial charge is 0.360 e. The molecule has 1 amide bonds. The summed E-state index contributed by atoms with van der Waals surface area (Å²) in [6.07, 6.45) is 2.92. The minimum atomic E-state index is -0.479.